The van der Waals surface area contributed by atoms with Crippen LogP contribution in [0.4, 0.5) is 0 Å². The third-order valence-electron chi connectivity index (χ3n) is 5.03. The van der Waals surface area contributed by atoms with Crippen LogP contribution in [0.25, 0.3) is 11.0 Å². The van der Waals surface area contributed by atoms with Crippen molar-refractivity contribution < 1.29 is 17.9 Å². The first-order chi connectivity index (χ1) is 14.5. The third-order valence-corrected chi connectivity index (χ3v) is 7.51. The summed E-state index contributed by atoms with van der Waals surface area (Å²) in [6.45, 7) is 0.257. The highest BCUT2D eigenvalue weighted by Crippen LogP contribution is 2.30. The highest BCUT2D eigenvalue weighted by atomic mass is 32.2. The van der Waals surface area contributed by atoms with E-state index in [9.17, 15) is 13.2 Å². The number of rotatable bonds is 5. The van der Waals surface area contributed by atoms with Crippen molar-refractivity contribution in [3.63, 3.8) is 0 Å². The summed E-state index contributed by atoms with van der Waals surface area (Å²) >= 11 is 0.951. The van der Waals surface area contributed by atoms with Crippen molar-refractivity contribution >= 4 is 38.8 Å². The van der Waals surface area contributed by atoms with Crippen molar-refractivity contribution in [1.82, 2.24) is 13.1 Å². The standard InChI is InChI=1S/C20H18N4O4S2/c21-12-14-7-9-15(10-8-14)13-28-20(25)17-5-1-2-11-24(17)30(26,27)18-6-3-4-16-19(18)23-29-22-16/h3-4,6-10,17H,1-2,5,11,13H2/t17-/m0/s1. The summed E-state index contributed by atoms with van der Waals surface area (Å²) in [6, 6.07) is 12.7. The number of nitriles is 1. The normalized spacial score (nSPS) is 17.5. The van der Waals surface area contributed by atoms with Gasteiger partial charge in [0.25, 0.3) is 0 Å². The predicted molar refractivity (Wildman–Crippen MR) is 110 cm³/mol. The van der Waals surface area contributed by atoms with E-state index in [-0.39, 0.29) is 18.0 Å². The van der Waals surface area contributed by atoms with E-state index < -0.39 is 22.0 Å². The number of ether oxygens (including phenoxy) is 1. The van der Waals surface area contributed by atoms with E-state index in [4.69, 9.17) is 10.00 Å². The van der Waals surface area contributed by atoms with E-state index in [1.165, 1.54) is 10.4 Å². The molecule has 0 bridgehead atoms. The molecule has 0 N–H and O–H groups in total. The van der Waals surface area contributed by atoms with E-state index in [1.807, 2.05) is 6.07 Å². The molecule has 10 heteroatoms. The maximum absolute atomic E-state index is 13.4. The van der Waals surface area contributed by atoms with E-state index in [2.05, 4.69) is 8.75 Å². The van der Waals surface area contributed by atoms with Crippen LogP contribution in [0.1, 0.15) is 30.4 Å². The minimum atomic E-state index is -3.94. The molecule has 1 aromatic heterocycles. The Bertz CT molecular complexity index is 1220. The number of sulfonamides is 1. The Balaban J connectivity index is 1.55. The molecule has 2 heterocycles. The second-order valence-corrected chi connectivity index (χ2v) is 9.32. The van der Waals surface area contributed by atoms with Crippen LogP contribution in [0.2, 0.25) is 0 Å². The number of nitrogens with zero attached hydrogens (tertiary/aromatic N) is 4. The lowest BCUT2D eigenvalue weighted by molar-refractivity contribution is -0.150. The van der Waals surface area contributed by atoms with Crippen molar-refractivity contribution in [3.8, 4) is 6.07 Å². The van der Waals surface area contributed by atoms with Crippen LogP contribution in [0.5, 0.6) is 0 Å². The highest BCUT2D eigenvalue weighted by molar-refractivity contribution is 7.89. The predicted octanol–water partition coefficient (Wildman–Crippen LogP) is 2.85. The maximum atomic E-state index is 13.4. The topological polar surface area (TPSA) is 113 Å². The Morgan fingerprint density at radius 2 is 2.00 bits per heavy atom. The average molecular weight is 443 g/mol. The fraction of sp³-hybridized carbons (Fsp3) is 0.300. The summed E-state index contributed by atoms with van der Waals surface area (Å²) < 4.78 is 41.6. The van der Waals surface area contributed by atoms with Gasteiger partial charge in [0.05, 0.1) is 23.4 Å². The molecule has 154 valence electrons. The zero-order valence-electron chi connectivity index (χ0n) is 15.9. The van der Waals surface area contributed by atoms with Crippen molar-refractivity contribution in [2.45, 2.75) is 36.8 Å². The van der Waals surface area contributed by atoms with Crippen molar-refractivity contribution in [2.75, 3.05) is 6.54 Å². The number of fused-ring (bicyclic) bond motifs is 1. The molecule has 0 aliphatic carbocycles. The van der Waals surface area contributed by atoms with Crippen LogP contribution in [0.3, 0.4) is 0 Å². The molecule has 1 fully saturated rings. The zero-order valence-corrected chi connectivity index (χ0v) is 17.5. The maximum Gasteiger partial charge on any atom is 0.324 e. The fourth-order valence-electron chi connectivity index (χ4n) is 3.47. The molecule has 1 atom stereocenters. The van der Waals surface area contributed by atoms with E-state index in [0.717, 1.165) is 23.7 Å². The van der Waals surface area contributed by atoms with Crippen LogP contribution in [0.15, 0.2) is 47.4 Å². The Morgan fingerprint density at radius 3 is 2.77 bits per heavy atom. The van der Waals surface area contributed by atoms with Gasteiger partial charge in [0.1, 0.15) is 28.6 Å². The molecule has 0 saturated carbocycles. The molecule has 0 spiro atoms. The van der Waals surface area contributed by atoms with Gasteiger partial charge in [0, 0.05) is 6.54 Å². The molecule has 2 aromatic carbocycles. The number of aromatic nitrogens is 2. The van der Waals surface area contributed by atoms with Crippen molar-refractivity contribution in [2.24, 2.45) is 0 Å². The van der Waals surface area contributed by atoms with E-state index >= 15 is 0 Å². The van der Waals surface area contributed by atoms with Gasteiger partial charge in [-0.25, -0.2) is 8.42 Å². The van der Waals surface area contributed by atoms with Gasteiger partial charge in [-0.3, -0.25) is 4.79 Å². The van der Waals surface area contributed by atoms with Crippen LogP contribution >= 0.6 is 11.7 Å². The zero-order chi connectivity index (χ0) is 21.1. The first-order valence-corrected chi connectivity index (χ1v) is 11.6. The number of esters is 1. The lowest BCUT2D eigenvalue weighted by Crippen LogP contribution is -2.48. The van der Waals surface area contributed by atoms with Gasteiger partial charge in [-0.2, -0.15) is 18.3 Å². The lowest BCUT2D eigenvalue weighted by atomic mass is 10.1. The number of hydrogen-bond acceptors (Lipinski definition) is 8. The lowest BCUT2D eigenvalue weighted by Gasteiger charge is -2.33. The number of hydrogen-bond donors (Lipinski definition) is 0. The Morgan fingerprint density at radius 1 is 1.20 bits per heavy atom. The number of benzene rings is 2. The molecule has 30 heavy (non-hydrogen) atoms. The fourth-order valence-corrected chi connectivity index (χ4v) is 5.87. The molecular formula is C20H18N4O4S2. The Hall–Kier alpha value is -2.87. The van der Waals surface area contributed by atoms with Crippen LogP contribution in [0, 0.1) is 11.3 Å². The molecule has 0 unspecified atom stereocenters. The summed E-state index contributed by atoms with van der Waals surface area (Å²) in [6.07, 6.45) is 1.81. The van der Waals surface area contributed by atoms with Gasteiger partial charge < -0.3 is 4.74 Å². The molecule has 0 radical (unpaired) electrons. The first-order valence-electron chi connectivity index (χ1n) is 9.39. The Labute approximate surface area is 178 Å². The van der Waals surface area contributed by atoms with E-state index in [1.54, 1.807) is 36.4 Å². The second-order valence-electron chi connectivity index (χ2n) is 6.93. The number of carbonyl (C=O) groups is 1. The summed E-state index contributed by atoms with van der Waals surface area (Å²) in [5.74, 6) is -0.578. The van der Waals surface area contributed by atoms with Crippen LogP contribution < -0.4 is 0 Å². The number of piperidine rings is 1. The Kier molecular flexibility index (Phi) is 5.76. The summed E-state index contributed by atoms with van der Waals surface area (Å²) in [4.78, 5) is 12.8. The molecule has 1 aliphatic heterocycles. The molecule has 1 aliphatic rings. The van der Waals surface area contributed by atoms with Crippen LogP contribution in [-0.4, -0.2) is 40.0 Å². The van der Waals surface area contributed by atoms with E-state index in [0.29, 0.717) is 29.4 Å². The quantitative estimate of drug-likeness (QED) is 0.558. The summed E-state index contributed by atoms with van der Waals surface area (Å²) in [5, 5.41) is 8.86. The van der Waals surface area contributed by atoms with Gasteiger partial charge in [-0.15, -0.1) is 0 Å². The van der Waals surface area contributed by atoms with Gasteiger partial charge in [0.15, 0.2) is 0 Å². The monoisotopic (exact) mass is 442 g/mol. The smallest absolute Gasteiger partial charge is 0.324 e. The summed E-state index contributed by atoms with van der Waals surface area (Å²) in [5.41, 5.74) is 2.07. The first kappa shape index (κ1) is 20.4. The highest BCUT2D eigenvalue weighted by Gasteiger charge is 2.39. The van der Waals surface area contributed by atoms with Crippen molar-refractivity contribution in [1.29, 1.82) is 5.26 Å². The van der Waals surface area contributed by atoms with Gasteiger partial charge in [0.2, 0.25) is 10.0 Å². The molecule has 4 rings (SSSR count). The van der Waals surface area contributed by atoms with Gasteiger partial charge in [-0.1, -0.05) is 18.2 Å². The third kappa shape index (κ3) is 3.92. The van der Waals surface area contributed by atoms with Gasteiger partial charge >= 0.3 is 5.97 Å². The number of carbonyl (C=O) groups excluding carboxylic acids is 1. The average Bonchev–Trinajstić information content (AvgIpc) is 3.26. The molecule has 1 saturated heterocycles. The molecule has 3 aromatic rings. The molecular weight excluding hydrogens is 424 g/mol. The molecule has 8 nitrogen and oxygen atoms in total. The SMILES string of the molecule is N#Cc1ccc(COC(=O)[C@@H]2CCCCN2S(=O)(=O)c2cccc3nsnc23)cc1. The minimum Gasteiger partial charge on any atom is -0.460 e. The largest absolute Gasteiger partial charge is 0.460 e. The summed E-state index contributed by atoms with van der Waals surface area (Å²) in [7, 11) is -3.94. The van der Waals surface area contributed by atoms with Gasteiger partial charge in [-0.05, 0) is 49.1 Å². The molecule has 0 amide bonds. The van der Waals surface area contributed by atoms with Crippen molar-refractivity contribution in [3.05, 3.63) is 53.6 Å². The minimum absolute atomic E-state index is 0.0144. The second kappa shape index (κ2) is 8.47. The van der Waals surface area contributed by atoms with Crippen LogP contribution in [-0.2, 0) is 26.2 Å².